The van der Waals surface area contributed by atoms with Crippen molar-refractivity contribution in [2.45, 2.75) is 19.1 Å². The number of aliphatic hydroxyl groups excluding tert-OH is 1. The van der Waals surface area contributed by atoms with Gasteiger partial charge >= 0.3 is 11.9 Å². The number of aliphatic hydroxyl groups is 1. The molecule has 110 valence electrons. The summed E-state index contributed by atoms with van der Waals surface area (Å²) < 4.78 is 9.62. The highest BCUT2D eigenvalue weighted by Crippen LogP contribution is 2.18. The number of phenolic OH excluding ortho intramolecular Hbond substituents is 1. The molecule has 0 fully saturated rings. The van der Waals surface area contributed by atoms with Crippen LogP contribution in [0.4, 0.5) is 0 Å². The topological polar surface area (TPSA) is 119 Å². The third kappa shape index (κ3) is 4.87. The fourth-order valence-corrected chi connectivity index (χ4v) is 1.38. The Morgan fingerprint density at radius 3 is 2.45 bits per heavy atom. The summed E-state index contributed by atoms with van der Waals surface area (Å²) in [5, 5.41) is 18.8. The van der Waals surface area contributed by atoms with Crippen molar-refractivity contribution in [1.82, 2.24) is 0 Å². The SMILES string of the molecule is CC(COC(=O)C(O)c1ccc(O)cc1)OC(=O)CN. The molecule has 0 spiro atoms. The molecule has 0 bridgehead atoms. The second-order valence-electron chi connectivity index (χ2n) is 4.13. The molecule has 0 aliphatic rings. The predicted molar refractivity (Wildman–Crippen MR) is 68.6 cm³/mol. The Kier molecular flexibility index (Phi) is 5.95. The number of hydrogen-bond donors (Lipinski definition) is 3. The van der Waals surface area contributed by atoms with E-state index in [2.05, 4.69) is 0 Å². The van der Waals surface area contributed by atoms with E-state index < -0.39 is 24.1 Å². The van der Waals surface area contributed by atoms with E-state index >= 15 is 0 Å². The Morgan fingerprint density at radius 1 is 1.30 bits per heavy atom. The van der Waals surface area contributed by atoms with Crippen molar-refractivity contribution in [2.24, 2.45) is 5.73 Å². The average molecular weight is 283 g/mol. The maximum atomic E-state index is 11.6. The number of rotatable bonds is 6. The highest BCUT2D eigenvalue weighted by atomic mass is 16.6. The predicted octanol–water partition coefficient (Wildman–Crippen LogP) is -0.141. The second kappa shape index (κ2) is 7.46. The zero-order valence-electron chi connectivity index (χ0n) is 11.0. The minimum Gasteiger partial charge on any atom is -0.508 e. The lowest BCUT2D eigenvalue weighted by Gasteiger charge is -2.15. The van der Waals surface area contributed by atoms with Crippen LogP contribution in [0.5, 0.6) is 5.75 Å². The van der Waals surface area contributed by atoms with Crippen LogP contribution < -0.4 is 5.73 Å². The van der Waals surface area contributed by atoms with Gasteiger partial charge < -0.3 is 25.4 Å². The second-order valence-corrected chi connectivity index (χ2v) is 4.13. The normalized spacial score (nSPS) is 13.3. The molecule has 2 atom stereocenters. The molecule has 4 N–H and O–H groups in total. The fraction of sp³-hybridized carbons (Fsp3) is 0.385. The molecule has 20 heavy (non-hydrogen) atoms. The summed E-state index contributed by atoms with van der Waals surface area (Å²) in [5.41, 5.74) is 5.36. The number of esters is 2. The molecule has 1 aromatic carbocycles. The lowest BCUT2D eigenvalue weighted by Crippen LogP contribution is -2.27. The number of benzene rings is 1. The van der Waals surface area contributed by atoms with Crippen LogP contribution in [0.25, 0.3) is 0 Å². The Balaban J connectivity index is 2.46. The van der Waals surface area contributed by atoms with Gasteiger partial charge in [-0.15, -0.1) is 0 Å². The maximum absolute atomic E-state index is 11.6. The van der Waals surface area contributed by atoms with E-state index in [9.17, 15) is 14.7 Å². The first-order valence-electron chi connectivity index (χ1n) is 5.97. The van der Waals surface area contributed by atoms with Crippen LogP contribution in [0.1, 0.15) is 18.6 Å². The van der Waals surface area contributed by atoms with Crippen molar-refractivity contribution in [3.63, 3.8) is 0 Å². The van der Waals surface area contributed by atoms with Gasteiger partial charge in [-0.05, 0) is 24.6 Å². The van der Waals surface area contributed by atoms with E-state index in [4.69, 9.17) is 20.3 Å². The standard InChI is InChI=1S/C13H17NO6/c1-8(20-11(16)6-14)7-19-13(18)12(17)9-2-4-10(15)5-3-9/h2-5,8,12,15,17H,6-7,14H2,1H3. The van der Waals surface area contributed by atoms with Gasteiger partial charge in [-0.25, -0.2) is 4.79 Å². The molecule has 1 rings (SSSR count). The first kappa shape index (κ1) is 15.9. The molecule has 0 amide bonds. The Morgan fingerprint density at radius 2 is 1.90 bits per heavy atom. The first-order chi connectivity index (χ1) is 9.43. The van der Waals surface area contributed by atoms with Crippen molar-refractivity contribution < 1.29 is 29.3 Å². The molecule has 7 nitrogen and oxygen atoms in total. The number of carbonyl (C=O) groups is 2. The van der Waals surface area contributed by atoms with Crippen molar-refractivity contribution >= 4 is 11.9 Å². The Hall–Kier alpha value is -2.12. The van der Waals surface area contributed by atoms with Crippen LogP contribution in [0.2, 0.25) is 0 Å². The van der Waals surface area contributed by atoms with Gasteiger partial charge in [0.25, 0.3) is 0 Å². The van der Waals surface area contributed by atoms with Gasteiger partial charge in [0.15, 0.2) is 6.10 Å². The molecule has 1 aromatic rings. The summed E-state index contributed by atoms with van der Waals surface area (Å²) in [6.45, 7) is 1.10. The molecule has 0 heterocycles. The van der Waals surface area contributed by atoms with Gasteiger partial charge in [0.05, 0.1) is 6.54 Å². The van der Waals surface area contributed by atoms with Gasteiger partial charge in [0.2, 0.25) is 0 Å². The third-order valence-electron chi connectivity index (χ3n) is 2.39. The summed E-state index contributed by atoms with van der Waals surface area (Å²) in [5.74, 6) is -1.45. The summed E-state index contributed by atoms with van der Waals surface area (Å²) >= 11 is 0. The van der Waals surface area contributed by atoms with Crippen LogP contribution in [0.3, 0.4) is 0 Å². The Bertz CT molecular complexity index is 458. The molecule has 2 unspecified atom stereocenters. The molecular weight excluding hydrogens is 266 g/mol. The highest BCUT2D eigenvalue weighted by Gasteiger charge is 2.20. The molecule has 0 saturated carbocycles. The molecule has 0 aromatic heterocycles. The van der Waals surface area contributed by atoms with Gasteiger partial charge in [-0.3, -0.25) is 4.79 Å². The van der Waals surface area contributed by atoms with E-state index in [0.717, 1.165) is 0 Å². The van der Waals surface area contributed by atoms with Gasteiger partial charge in [-0.1, -0.05) is 12.1 Å². The van der Waals surface area contributed by atoms with E-state index in [1.165, 1.54) is 31.2 Å². The van der Waals surface area contributed by atoms with E-state index in [-0.39, 0.29) is 18.9 Å². The minimum atomic E-state index is -1.46. The smallest absolute Gasteiger partial charge is 0.339 e. The summed E-state index contributed by atoms with van der Waals surface area (Å²) in [6.07, 6.45) is -2.12. The molecule has 0 saturated heterocycles. The zero-order chi connectivity index (χ0) is 15.1. The lowest BCUT2D eigenvalue weighted by atomic mass is 10.1. The number of phenols is 1. The Labute approximate surface area is 115 Å². The van der Waals surface area contributed by atoms with Crippen molar-refractivity contribution in [1.29, 1.82) is 0 Å². The molecular formula is C13H17NO6. The summed E-state index contributed by atoms with van der Waals surface area (Å²) in [7, 11) is 0. The fourth-order valence-electron chi connectivity index (χ4n) is 1.38. The molecule has 0 aliphatic carbocycles. The summed E-state index contributed by atoms with van der Waals surface area (Å²) in [4.78, 5) is 22.5. The first-order valence-corrected chi connectivity index (χ1v) is 5.97. The average Bonchev–Trinajstić information content (AvgIpc) is 2.44. The van der Waals surface area contributed by atoms with E-state index in [1.807, 2.05) is 0 Å². The van der Waals surface area contributed by atoms with Crippen LogP contribution in [0, 0.1) is 0 Å². The molecule has 7 heteroatoms. The number of ether oxygens (including phenoxy) is 2. The minimum absolute atomic E-state index is 0.0247. The van der Waals surface area contributed by atoms with Crippen molar-refractivity contribution in [3.8, 4) is 5.75 Å². The summed E-state index contributed by atoms with van der Waals surface area (Å²) in [6, 6.07) is 5.49. The van der Waals surface area contributed by atoms with Crippen molar-refractivity contribution in [2.75, 3.05) is 13.2 Å². The van der Waals surface area contributed by atoms with Crippen LogP contribution in [0.15, 0.2) is 24.3 Å². The maximum Gasteiger partial charge on any atom is 0.339 e. The number of nitrogens with two attached hydrogens (primary N) is 1. The lowest BCUT2D eigenvalue weighted by molar-refractivity contribution is -0.162. The largest absolute Gasteiger partial charge is 0.508 e. The molecule has 0 aliphatic heterocycles. The third-order valence-corrected chi connectivity index (χ3v) is 2.39. The van der Waals surface area contributed by atoms with Gasteiger partial charge in [0, 0.05) is 0 Å². The molecule has 0 radical (unpaired) electrons. The number of hydrogen-bond acceptors (Lipinski definition) is 7. The van der Waals surface area contributed by atoms with Gasteiger partial charge in [-0.2, -0.15) is 0 Å². The van der Waals surface area contributed by atoms with Crippen LogP contribution >= 0.6 is 0 Å². The quantitative estimate of drug-likeness (QED) is 0.621. The van der Waals surface area contributed by atoms with Gasteiger partial charge in [0.1, 0.15) is 18.5 Å². The van der Waals surface area contributed by atoms with Crippen LogP contribution in [-0.4, -0.2) is 41.4 Å². The zero-order valence-corrected chi connectivity index (χ0v) is 11.0. The van der Waals surface area contributed by atoms with E-state index in [0.29, 0.717) is 5.56 Å². The van der Waals surface area contributed by atoms with Crippen molar-refractivity contribution in [3.05, 3.63) is 29.8 Å². The number of aromatic hydroxyl groups is 1. The van der Waals surface area contributed by atoms with E-state index in [1.54, 1.807) is 0 Å². The van der Waals surface area contributed by atoms with Crippen LogP contribution in [-0.2, 0) is 19.1 Å². The highest BCUT2D eigenvalue weighted by molar-refractivity contribution is 5.76. The monoisotopic (exact) mass is 283 g/mol. The number of carbonyl (C=O) groups excluding carboxylic acids is 2.